The average Bonchev–Trinajstić information content (AvgIpc) is 3.22. The van der Waals surface area contributed by atoms with E-state index in [1.54, 1.807) is 18.3 Å². The van der Waals surface area contributed by atoms with E-state index in [1.165, 1.54) is 16.7 Å². The SMILES string of the molecule is CC(=O)N(CC1CN(Cc2ccsc2)CC1c1ccccc1C)C(C)C. The van der Waals surface area contributed by atoms with Crippen molar-refractivity contribution >= 4 is 17.2 Å². The van der Waals surface area contributed by atoms with Crippen LogP contribution in [0.25, 0.3) is 0 Å². The number of hydrogen-bond donors (Lipinski definition) is 0. The Morgan fingerprint density at radius 1 is 1.27 bits per heavy atom. The summed E-state index contributed by atoms with van der Waals surface area (Å²) in [5, 5.41) is 4.39. The minimum absolute atomic E-state index is 0.180. The summed E-state index contributed by atoms with van der Waals surface area (Å²) in [7, 11) is 0. The molecule has 0 N–H and O–H groups in total. The molecule has 1 aromatic heterocycles. The number of thiophene rings is 1. The van der Waals surface area contributed by atoms with E-state index in [2.05, 4.69) is 66.8 Å². The molecule has 1 aliphatic heterocycles. The Kier molecular flexibility index (Phi) is 6.15. The van der Waals surface area contributed by atoms with Gasteiger partial charge in [-0.15, -0.1) is 0 Å². The second-order valence-corrected chi connectivity index (χ2v) is 8.59. The number of benzene rings is 1. The van der Waals surface area contributed by atoms with Crippen LogP contribution in [0.15, 0.2) is 41.1 Å². The van der Waals surface area contributed by atoms with Gasteiger partial charge in [-0.05, 0) is 60.2 Å². The molecule has 140 valence electrons. The van der Waals surface area contributed by atoms with Gasteiger partial charge in [0, 0.05) is 45.1 Å². The Balaban J connectivity index is 1.82. The molecule has 1 saturated heterocycles. The highest BCUT2D eigenvalue weighted by Gasteiger charge is 2.36. The van der Waals surface area contributed by atoms with Gasteiger partial charge in [0.2, 0.25) is 5.91 Å². The van der Waals surface area contributed by atoms with Crippen LogP contribution in [-0.4, -0.2) is 41.4 Å². The normalized spacial score (nSPS) is 20.7. The maximum absolute atomic E-state index is 12.1. The van der Waals surface area contributed by atoms with Crippen LogP contribution in [-0.2, 0) is 11.3 Å². The summed E-state index contributed by atoms with van der Waals surface area (Å²) in [6.45, 7) is 12.1. The molecule has 2 heterocycles. The van der Waals surface area contributed by atoms with Gasteiger partial charge in [-0.1, -0.05) is 24.3 Å². The predicted octanol–water partition coefficient (Wildman–Crippen LogP) is 4.53. The van der Waals surface area contributed by atoms with E-state index >= 15 is 0 Å². The van der Waals surface area contributed by atoms with Crippen molar-refractivity contribution in [3.05, 3.63) is 57.8 Å². The third-order valence-electron chi connectivity index (χ3n) is 5.55. The molecular weight excluding hydrogens is 340 g/mol. The van der Waals surface area contributed by atoms with Crippen molar-refractivity contribution in [2.24, 2.45) is 5.92 Å². The van der Waals surface area contributed by atoms with Crippen LogP contribution in [0.3, 0.4) is 0 Å². The zero-order valence-corrected chi connectivity index (χ0v) is 17.1. The monoisotopic (exact) mass is 370 g/mol. The molecule has 1 fully saturated rings. The number of carbonyl (C=O) groups is 1. The molecule has 3 rings (SSSR count). The molecule has 4 heteroatoms. The Morgan fingerprint density at radius 2 is 2.04 bits per heavy atom. The summed E-state index contributed by atoms with van der Waals surface area (Å²) in [6.07, 6.45) is 0. The van der Waals surface area contributed by atoms with Crippen LogP contribution >= 0.6 is 11.3 Å². The third kappa shape index (κ3) is 4.36. The van der Waals surface area contributed by atoms with Gasteiger partial charge in [0.1, 0.15) is 0 Å². The van der Waals surface area contributed by atoms with Crippen molar-refractivity contribution in [3.63, 3.8) is 0 Å². The molecule has 1 amide bonds. The highest BCUT2D eigenvalue weighted by molar-refractivity contribution is 7.07. The van der Waals surface area contributed by atoms with Crippen molar-refractivity contribution in [2.45, 2.75) is 46.2 Å². The van der Waals surface area contributed by atoms with Gasteiger partial charge in [-0.2, -0.15) is 11.3 Å². The van der Waals surface area contributed by atoms with Crippen LogP contribution < -0.4 is 0 Å². The standard InChI is InChI=1S/C22H30N2OS/c1-16(2)24(18(4)25)13-20-12-23(11-19-9-10-26-15-19)14-22(20)21-8-6-5-7-17(21)3/h5-10,15-16,20,22H,11-14H2,1-4H3. The van der Waals surface area contributed by atoms with Crippen LogP contribution in [0, 0.1) is 12.8 Å². The number of hydrogen-bond acceptors (Lipinski definition) is 3. The van der Waals surface area contributed by atoms with Gasteiger partial charge in [0.15, 0.2) is 0 Å². The molecule has 3 nitrogen and oxygen atoms in total. The lowest BCUT2D eigenvalue weighted by Crippen LogP contribution is -2.40. The number of nitrogens with zero attached hydrogens (tertiary/aromatic N) is 2. The minimum atomic E-state index is 0.180. The summed E-state index contributed by atoms with van der Waals surface area (Å²) in [4.78, 5) is 16.7. The number of rotatable bonds is 6. The first-order chi connectivity index (χ1) is 12.5. The van der Waals surface area contributed by atoms with Crippen LogP contribution in [0.4, 0.5) is 0 Å². The molecular formula is C22H30N2OS. The Morgan fingerprint density at radius 3 is 2.65 bits per heavy atom. The van der Waals surface area contributed by atoms with E-state index in [1.807, 2.05) is 4.90 Å². The molecule has 0 spiro atoms. The molecule has 0 aliphatic carbocycles. The van der Waals surface area contributed by atoms with Gasteiger partial charge in [0.25, 0.3) is 0 Å². The zero-order valence-electron chi connectivity index (χ0n) is 16.3. The Hall–Kier alpha value is -1.65. The lowest BCUT2D eigenvalue weighted by Gasteiger charge is -2.31. The molecule has 1 aliphatic rings. The summed E-state index contributed by atoms with van der Waals surface area (Å²) >= 11 is 1.76. The lowest BCUT2D eigenvalue weighted by atomic mass is 9.86. The van der Waals surface area contributed by atoms with E-state index < -0.39 is 0 Å². The van der Waals surface area contributed by atoms with Crippen LogP contribution in [0.2, 0.25) is 0 Å². The van der Waals surface area contributed by atoms with Crippen molar-refractivity contribution in [1.82, 2.24) is 9.80 Å². The third-order valence-corrected chi connectivity index (χ3v) is 6.28. The summed E-state index contributed by atoms with van der Waals surface area (Å²) in [6, 6.07) is 11.2. The highest BCUT2D eigenvalue weighted by Crippen LogP contribution is 2.36. The van der Waals surface area contributed by atoms with E-state index in [0.29, 0.717) is 11.8 Å². The summed E-state index contributed by atoms with van der Waals surface area (Å²) < 4.78 is 0. The number of carbonyl (C=O) groups excluding carboxylic acids is 1. The minimum Gasteiger partial charge on any atom is -0.340 e. The van der Waals surface area contributed by atoms with Crippen molar-refractivity contribution in [1.29, 1.82) is 0 Å². The first-order valence-corrected chi connectivity index (χ1v) is 10.5. The molecule has 1 aromatic carbocycles. The molecule has 2 atom stereocenters. The molecule has 26 heavy (non-hydrogen) atoms. The first-order valence-electron chi connectivity index (χ1n) is 9.52. The molecule has 2 aromatic rings. The topological polar surface area (TPSA) is 23.6 Å². The summed E-state index contributed by atoms with van der Waals surface area (Å²) in [5.74, 6) is 1.14. The van der Waals surface area contributed by atoms with E-state index in [4.69, 9.17) is 0 Å². The lowest BCUT2D eigenvalue weighted by molar-refractivity contribution is -0.131. The fourth-order valence-electron chi connectivity index (χ4n) is 4.23. The average molecular weight is 371 g/mol. The second kappa shape index (κ2) is 8.36. The van der Waals surface area contributed by atoms with E-state index in [0.717, 1.165) is 26.2 Å². The fourth-order valence-corrected chi connectivity index (χ4v) is 4.89. The number of amides is 1. The van der Waals surface area contributed by atoms with Gasteiger partial charge in [0.05, 0.1) is 0 Å². The number of likely N-dealkylation sites (tertiary alicyclic amines) is 1. The highest BCUT2D eigenvalue weighted by atomic mass is 32.1. The maximum Gasteiger partial charge on any atom is 0.219 e. The molecule has 0 radical (unpaired) electrons. The zero-order chi connectivity index (χ0) is 18.7. The molecule has 0 saturated carbocycles. The smallest absolute Gasteiger partial charge is 0.219 e. The van der Waals surface area contributed by atoms with Crippen molar-refractivity contribution in [3.8, 4) is 0 Å². The first kappa shape index (κ1) is 19.1. The largest absolute Gasteiger partial charge is 0.340 e. The van der Waals surface area contributed by atoms with Crippen molar-refractivity contribution < 1.29 is 4.79 Å². The van der Waals surface area contributed by atoms with Gasteiger partial charge < -0.3 is 4.90 Å². The van der Waals surface area contributed by atoms with Crippen molar-refractivity contribution in [2.75, 3.05) is 19.6 Å². The van der Waals surface area contributed by atoms with Crippen LogP contribution in [0.1, 0.15) is 43.4 Å². The van der Waals surface area contributed by atoms with Gasteiger partial charge >= 0.3 is 0 Å². The summed E-state index contributed by atoms with van der Waals surface area (Å²) in [5.41, 5.74) is 4.20. The van der Waals surface area contributed by atoms with E-state index in [-0.39, 0.29) is 11.9 Å². The maximum atomic E-state index is 12.1. The molecule has 2 unspecified atom stereocenters. The fraction of sp³-hybridized carbons (Fsp3) is 0.500. The van der Waals surface area contributed by atoms with Crippen LogP contribution in [0.5, 0.6) is 0 Å². The van der Waals surface area contributed by atoms with Gasteiger partial charge in [-0.3, -0.25) is 9.69 Å². The van der Waals surface area contributed by atoms with E-state index in [9.17, 15) is 4.79 Å². The second-order valence-electron chi connectivity index (χ2n) is 7.81. The number of aryl methyl sites for hydroxylation is 1. The predicted molar refractivity (Wildman–Crippen MR) is 110 cm³/mol. The quantitative estimate of drug-likeness (QED) is 0.746. The Bertz CT molecular complexity index is 726. The van der Waals surface area contributed by atoms with Gasteiger partial charge in [-0.25, -0.2) is 0 Å². The Labute approximate surface area is 161 Å². The molecule has 0 bridgehead atoms.